The highest BCUT2D eigenvalue weighted by Gasteiger charge is 2.24. The smallest absolute Gasteiger partial charge is 0.305 e. The molecular weight excluding hydrogens is 316 g/mol. The second-order valence-corrected chi connectivity index (χ2v) is 6.06. The molecule has 2 aromatic rings. The van der Waals surface area contributed by atoms with Crippen molar-refractivity contribution in [3.8, 4) is 0 Å². The molecule has 2 nitrogen and oxygen atoms in total. The van der Waals surface area contributed by atoms with Crippen LogP contribution in [0.5, 0.6) is 0 Å². The van der Waals surface area contributed by atoms with Crippen molar-refractivity contribution in [3.63, 3.8) is 0 Å². The largest absolute Gasteiger partial charge is 0.460 e. The summed E-state index contributed by atoms with van der Waals surface area (Å²) in [7, 11) is 0. The van der Waals surface area contributed by atoms with E-state index in [2.05, 4.69) is 12.6 Å². The molecule has 0 radical (unpaired) electrons. The first kappa shape index (κ1) is 16.9. The predicted octanol–water partition coefficient (Wildman–Crippen LogP) is 4.88. The Labute approximate surface area is 141 Å². The summed E-state index contributed by atoms with van der Waals surface area (Å²) >= 11 is 10.7. The molecule has 2 unspecified atom stereocenters. The van der Waals surface area contributed by atoms with Gasteiger partial charge in [-0.05, 0) is 23.3 Å². The fourth-order valence-corrected chi connectivity index (χ4v) is 2.75. The molecule has 0 bridgehead atoms. The second kappa shape index (κ2) is 8.25. The van der Waals surface area contributed by atoms with Crippen molar-refractivity contribution < 1.29 is 9.53 Å². The van der Waals surface area contributed by atoms with Gasteiger partial charge >= 0.3 is 5.97 Å². The monoisotopic (exact) mass is 334 g/mol. The van der Waals surface area contributed by atoms with Crippen LogP contribution >= 0.6 is 24.2 Å². The normalized spacial score (nSPS) is 13.4. The minimum Gasteiger partial charge on any atom is -0.460 e. The lowest BCUT2D eigenvalue weighted by Gasteiger charge is -2.24. The molecule has 0 saturated carbocycles. The van der Waals surface area contributed by atoms with Gasteiger partial charge in [0.2, 0.25) is 0 Å². The van der Waals surface area contributed by atoms with Crippen LogP contribution in [0.1, 0.15) is 29.7 Å². The topological polar surface area (TPSA) is 26.3 Å². The van der Waals surface area contributed by atoms with Gasteiger partial charge in [0.1, 0.15) is 6.10 Å². The zero-order valence-corrected chi connectivity index (χ0v) is 14.1. The summed E-state index contributed by atoms with van der Waals surface area (Å²) in [4.78, 5) is 11.7. The third-order valence-corrected chi connectivity index (χ3v) is 4.26. The summed E-state index contributed by atoms with van der Waals surface area (Å²) in [6, 6.07) is 17.4. The van der Waals surface area contributed by atoms with Gasteiger partial charge in [-0.3, -0.25) is 4.79 Å². The number of halogens is 1. The Balaban J connectivity index is 2.21. The summed E-state index contributed by atoms with van der Waals surface area (Å²) < 4.78 is 5.60. The lowest BCUT2D eigenvalue weighted by molar-refractivity contribution is -0.148. The molecule has 0 heterocycles. The van der Waals surface area contributed by atoms with Gasteiger partial charge in [-0.15, -0.1) is 0 Å². The van der Waals surface area contributed by atoms with E-state index in [1.165, 1.54) is 0 Å². The van der Waals surface area contributed by atoms with Gasteiger partial charge < -0.3 is 4.74 Å². The quantitative estimate of drug-likeness (QED) is 0.602. The molecule has 4 heteroatoms. The minimum absolute atomic E-state index is 0.220. The first-order valence-electron chi connectivity index (χ1n) is 7.27. The summed E-state index contributed by atoms with van der Waals surface area (Å²) in [5.74, 6) is -0.220. The molecule has 0 fully saturated rings. The predicted molar refractivity (Wildman–Crippen MR) is 93.5 cm³/mol. The Morgan fingerprint density at radius 3 is 2.55 bits per heavy atom. The molecule has 2 rings (SSSR count). The number of rotatable bonds is 6. The average molecular weight is 335 g/mol. The lowest BCUT2D eigenvalue weighted by Crippen LogP contribution is -2.25. The van der Waals surface area contributed by atoms with Gasteiger partial charge in [-0.25, -0.2) is 0 Å². The van der Waals surface area contributed by atoms with Crippen LogP contribution in [0.25, 0.3) is 0 Å². The van der Waals surface area contributed by atoms with Crippen molar-refractivity contribution in [1.82, 2.24) is 0 Å². The third-order valence-electron chi connectivity index (χ3n) is 3.39. The third kappa shape index (κ3) is 4.79. The van der Waals surface area contributed by atoms with Crippen molar-refractivity contribution >= 4 is 30.2 Å². The van der Waals surface area contributed by atoms with Gasteiger partial charge in [-0.2, -0.15) is 12.6 Å². The van der Waals surface area contributed by atoms with Crippen molar-refractivity contribution in [2.45, 2.75) is 31.1 Å². The summed E-state index contributed by atoms with van der Waals surface area (Å²) in [6.45, 7) is 1.79. The van der Waals surface area contributed by atoms with E-state index in [4.69, 9.17) is 16.3 Å². The van der Waals surface area contributed by atoms with E-state index in [1.54, 1.807) is 6.92 Å². The zero-order chi connectivity index (χ0) is 15.9. The number of carbonyl (C=O) groups excluding carboxylic acids is 1. The van der Waals surface area contributed by atoms with Crippen molar-refractivity contribution in [1.29, 1.82) is 0 Å². The van der Waals surface area contributed by atoms with Crippen LogP contribution < -0.4 is 0 Å². The molecule has 0 spiro atoms. The standard InChI is InChI=1S/C18H19ClO2S/c1-2-17(20)21-16(11-13-7-4-3-5-8-13)18(22)14-9-6-10-15(19)12-14/h3-10,12,16,18,22H,2,11H2,1H3. The van der Waals surface area contributed by atoms with Gasteiger partial charge in [0, 0.05) is 17.9 Å². The molecule has 0 aliphatic heterocycles. The van der Waals surface area contributed by atoms with Crippen molar-refractivity contribution in [2.24, 2.45) is 0 Å². The molecular formula is C18H19ClO2S. The van der Waals surface area contributed by atoms with E-state index in [0.717, 1.165) is 11.1 Å². The summed E-state index contributed by atoms with van der Waals surface area (Å²) in [6.07, 6.45) is 0.630. The maximum absolute atomic E-state index is 11.7. The van der Waals surface area contributed by atoms with Crippen LogP contribution in [-0.2, 0) is 16.0 Å². The minimum atomic E-state index is -0.336. The van der Waals surface area contributed by atoms with E-state index in [9.17, 15) is 4.79 Å². The maximum atomic E-state index is 11.7. The van der Waals surface area contributed by atoms with Crippen LogP contribution in [0.15, 0.2) is 54.6 Å². The van der Waals surface area contributed by atoms with E-state index in [1.807, 2.05) is 54.6 Å². The molecule has 0 saturated heterocycles. The number of benzene rings is 2. The molecule has 0 N–H and O–H groups in total. The van der Waals surface area contributed by atoms with E-state index in [-0.39, 0.29) is 17.3 Å². The van der Waals surface area contributed by atoms with Crippen LogP contribution in [0.3, 0.4) is 0 Å². The fraction of sp³-hybridized carbons (Fsp3) is 0.278. The molecule has 2 atom stereocenters. The first-order chi connectivity index (χ1) is 10.6. The Morgan fingerprint density at radius 2 is 1.91 bits per heavy atom. The van der Waals surface area contributed by atoms with Crippen LogP contribution in [0.2, 0.25) is 5.02 Å². The van der Waals surface area contributed by atoms with E-state index >= 15 is 0 Å². The molecule has 0 aromatic heterocycles. The number of hydrogen-bond acceptors (Lipinski definition) is 3. The van der Waals surface area contributed by atoms with Crippen molar-refractivity contribution in [2.75, 3.05) is 0 Å². The lowest BCUT2D eigenvalue weighted by atomic mass is 10.0. The van der Waals surface area contributed by atoms with Gasteiger partial charge in [0.15, 0.2) is 0 Å². The highest BCUT2D eigenvalue weighted by molar-refractivity contribution is 7.80. The van der Waals surface area contributed by atoms with Crippen LogP contribution in [-0.4, -0.2) is 12.1 Å². The molecule has 0 amide bonds. The summed E-state index contributed by atoms with van der Waals surface area (Å²) in [5, 5.41) is 0.422. The molecule has 22 heavy (non-hydrogen) atoms. The van der Waals surface area contributed by atoms with Gasteiger partial charge in [0.05, 0.1) is 5.25 Å². The number of esters is 1. The van der Waals surface area contributed by atoms with Crippen LogP contribution in [0, 0.1) is 0 Å². The average Bonchev–Trinajstić information content (AvgIpc) is 2.54. The molecule has 0 aliphatic rings. The highest BCUT2D eigenvalue weighted by atomic mass is 35.5. The SMILES string of the molecule is CCC(=O)OC(Cc1ccccc1)C(S)c1cccc(Cl)c1. The Morgan fingerprint density at radius 1 is 1.18 bits per heavy atom. The number of carbonyl (C=O) groups is 1. The first-order valence-corrected chi connectivity index (χ1v) is 8.16. The van der Waals surface area contributed by atoms with E-state index in [0.29, 0.717) is 17.9 Å². The molecule has 0 aliphatic carbocycles. The molecule has 2 aromatic carbocycles. The number of hydrogen-bond donors (Lipinski definition) is 1. The number of thiol groups is 1. The van der Waals surface area contributed by atoms with E-state index < -0.39 is 0 Å². The Kier molecular flexibility index (Phi) is 6.34. The Bertz CT molecular complexity index is 615. The fourth-order valence-electron chi connectivity index (χ4n) is 2.22. The Hall–Kier alpha value is -1.45. The van der Waals surface area contributed by atoms with Crippen LogP contribution in [0.4, 0.5) is 0 Å². The number of ether oxygens (including phenoxy) is 1. The second-order valence-electron chi connectivity index (χ2n) is 5.07. The zero-order valence-electron chi connectivity index (χ0n) is 12.4. The maximum Gasteiger partial charge on any atom is 0.305 e. The summed E-state index contributed by atoms with van der Waals surface area (Å²) in [5.41, 5.74) is 2.05. The highest BCUT2D eigenvalue weighted by Crippen LogP contribution is 2.30. The van der Waals surface area contributed by atoms with Crippen molar-refractivity contribution in [3.05, 3.63) is 70.7 Å². The van der Waals surface area contributed by atoms with Gasteiger partial charge in [0.25, 0.3) is 0 Å². The molecule has 116 valence electrons. The van der Waals surface area contributed by atoms with Gasteiger partial charge in [-0.1, -0.05) is 61.0 Å².